The van der Waals surface area contributed by atoms with Crippen LogP contribution in [-0.2, 0) is 0 Å². The van der Waals surface area contributed by atoms with E-state index < -0.39 is 0 Å². The molecule has 1 aromatic heterocycles. The number of H-pyrrole nitrogens is 1. The van der Waals surface area contributed by atoms with Gasteiger partial charge in [-0.3, -0.25) is 14.6 Å². The first-order valence-electron chi connectivity index (χ1n) is 5.38. The van der Waals surface area contributed by atoms with Gasteiger partial charge in [0.1, 0.15) is 5.69 Å². The smallest absolute Gasteiger partial charge is 0.273 e. The van der Waals surface area contributed by atoms with Crippen LogP contribution in [-0.4, -0.2) is 21.0 Å². The normalized spacial score (nSPS) is 10.1. The number of aryl methyl sites for hydroxylation is 1. The molecule has 0 aliphatic rings. The van der Waals surface area contributed by atoms with Crippen molar-refractivity contribution in [3.8, 4) is 0 Å². The first-order valence-corrected chi connectivity index (χ1v) is 5.38. The molecule has 0 amide bonds. The minimum atomic E-state index is -0.296. The van der Waals surface area contributed by atoms with Crippen LogP contribution in [0.1, 0.15) is 23.0 Å². The first-order chi connectivity index (χ1) is 8.56. The van der Waals surface area contributed by atoms with Crippen molar-refractivity contribution in [1.29, 1.82) is 0 Å². The van der Waals surface area contributed by atoms with Gasteiger partial charge in [-0.1, -0.05) is 12.1 Å². The van der Waals surface area contributed by atoms with E-state index in [0.29, 0.717) is 16.9 Å². The van der Waals surface area contributed by atoms with Crippen LogP contribution in [0.2, 0.25) is 0 Å². The molecule has 0 atom stereocenters. The van der Waals surface area contributed by atoms with Crippen LogP contribution in [0, 0.1) is 6.92 Å². The number of benzene rings is 1. The van der Waals surface area contributed by atoms with E-state index in [-0.39, 0.29) is 17.3 Å². The number of carbonyl (C=O) groups excluding carboxylic acids is 1. The number of ketones is 1. The molecular weight excluding hydrogens is 232 g/mol. The minimum absolute atomic E-state index is 0.0258. The first kappa shape index (κ1) is 12.0. The molecule has 0 aliphatic carbocycles. The number of rotatable bonds is 3. The molecule has 2 N–H and O–H groups in total. The van der Waals surface area contributed by atoms with Gasteiger partial charge in [-0.05, 0) is 26.0 Å². The lowest BCUT2D eigenvalue weighted by Gasteiger charge is -2.05. The summed E-state index contributed by atoms with van der Waals surface area (Å²) in [5.41, 5.74) is 1.26. The third kappa shape index (κ3) is 2.60. The van der Waals surface area contributed by atoms with E-state index in [1.165, 1.54) is 6.92 Å². The van der Waals surface area contributed by atoms with Gasteiger partial charge in [0.25, 0.3) is 5.56 Å². The van der Waals surface area contributed by atoms with Crippen molar-refractivity contribution in [2.75, 3.05) is 5.32 Å². The van der Waals surface area contributed by atoms with E-state index in [4.69, 9.17) is 0 Å². The number of nitrogens with zero attached hydrogens (tertiary/aromatic N) is 2. The zero-order valence-corrected chi connectivity index (χ0v) is 10.0. The van der Waals surface area contributed by atoms with E-state index in [9.17, 15) is 9.59 Å². The highest BCUT2D eigenvalue weighted by Crippen LogP contribution is 2.14. The van der Waals surface area contributed by atoms with Crippen molar-refractivity contribution in [1.82, 2.24) is 15.2 Å². The van der Waals surface area contributed by atoms with Gasteiger partial charge in [-0.25, -0.2) is 0 Å². The molecule has 0 saturated carbocycles. The van der Waals surface area contributed by atoms with Crippen molar-refractivity contribution >= 4 is 17.4 Å². The topological polar surface area (TPSA) is 87.7 Å². The standard InChI is InChI=1S/C12H12N4O2/c1-7-11(18)14-12(16-15-7)13-10-5-3-4-9(6-10)8(2)17/h3-6H,1-2H3,(H2,13,14,16,18). The highest BCUT2D eigenvalue weighted by atomic mass is 16.1. The summed E-state index contributed by atoms with van der Waals surface area (Å²) in [7, 11) is 0. The molecule has 18 heavy (non-hydrogen) atoms. The van der Waals surface area contributed by atoms with Crippen LogP contribution in [0.4, 0.5) is 11.6 Å². The molecule has 0 bridgehead atoms. The Labute approximate surface area is 103 Å². The van der Waals surface area contributed by atoms with Gasteiger partial charge < -0.3 is 5.32 Å². The lowest BCUT2D eigenvalue weighted by atomic mass is 10.1. The van der Waals surface area contributed by atoms with E-state index in [2.05, 4.69) is 20.5 Å². The molecule has 0 spiro atoms. The molecule has 0 unspecified atom stereocenters. The molecule has 6 nitrogen and oxygen atoms in total. The van der Waals surface area contributed by atoms with Crippen LogP contribution in [0.25, 0.3) is 0 Å². The molecule has 1 aromatic carbocycles. The van der Waals surface area contributed by atoms with Gasteiger partial charge >= 0.3 is 0 Å². The zero-order chi connectivity index (χ0) is 13.1. The third-order valence-electron chi connectivity index (χ3n) is 2.39. The van der Waals surface area contributed by atoms with Gasteiger partial charge in [-0.15, -0.1) is 10.2 Å². The maximum absolute atomic E-state index is 11.4. The van der Waals surface area contributed by atoms with Gasteiger partial charge in [0, 0.05) is 11.3 Å². The highest BCUT2D eigenvalue weighted by Gasteiger charge is 2.03. The average Bonchev–Trinajstić information content (AvgIpc) is 2.34. The summed E-state index contributed by atoms with van der Waals surface area (Å²) in [5.74, 6) is 0.216. The molecule has 0 aliphatic heterocycles. The van der Waals surface area contributed by atoms with Gasteiger partial charge in [-0.2, -0.15) is 0 Å². The summed E-state index contributed by atoms with van der Waals surface area (Å²) in [6.07, 6.45) is 0. The molecule has 0 radical (unpaired) electrons. The number of aromatic amines is 1. The fourth-order valence-electron chi connectivity index (χ4n) is 1.40. The van der Waals surface area contributed by atoms with Crippen molar-refractivity contribution in [3.05, 3.63) is 45.9 Å². The van der Waals surface area contributed by atoms with Crippen molar-refractivity contribution in [2.24, 2.45) is 0 Å². The Morgan fingerprint density at radius 1 is 1.33 bits per heavy atom. The molecule has 92 valence electrons. The van der Waals surface area contributed by atoms with Crippen LogP contribution in [0.3, 0.4) is 0 Å². The van der Waals surface area contributed by atoms with Gasteiger partial charge in [0.15, 0.2) is 5.78 Å². The van der Waals surface area contributed by atoms with Crippen LogP contribution in [0.15, 0.2) is 29.1 Å². The molecule has 1 heterocycles. The maximum atomic E-state index is 11.4. The molecule has 6 heteroatoms. The number of carbonyl (C=O) groups is 1. The number of Topliss-reactive ketones (excluding diaryl/α,β-unsaturated/α-hetero) is 1. The Bertz CT molecular complexity index is 649. The number of hydrogen-bond acceptors (Lipinski definition) is 5. The predicted octanol–water partition coefficient (Wildman–Crippen LogP) is 1.42. The summed E-state index contributed by atoms with van der Waals surface area (Å²) in [6.45, 7) is 3.07. The van der Waals surface area contributed by atoms with Crippen LogP contribution >= 0.6 is 0 Å². The zero-order valence-electron chi connectivity index (χ0n) is 10.0. The fraction of sp³-hybridized carbons (Fsp3) is 0.167. The number of hydrogen-bond donors (Lipinski definition) is 2. The lowest BCUT2D eigenvalue weighted by molar-refractivity contribution is 0.101. The summed E-state index contributed by atoms with van der Waals surface area (Å²) in [6, 6.07) is 6.92. The summed E-state index contributed by atoms with van der Waals surface area (Å²) < 4.78 is 0. The van der Waals surface area contributed by atoms with Crippen molar-refractivity contribution < 1.29 is 4.79 Å². The number of anilines is 2. The Balaban J connectivity index is 2.28. The third-order valence-corrected chi connectivity index (χ3v) is 2.39. The quantitative estimate of drug-likeness (QED) is 0.797. The molecule has 2 rings (SSSR count). The summed E-state index contributed by atoms with van der Waals surface area (Å²) in [4.78, 5) is 25.1. The number of nitrogens with one attached hydrogen (secondary N) is 2. The second-order valence-electron chi connectivity index (χ2n) is 3.85. The van der Waals surface area contributed by atoms with Crippen LogP contribution < -0.4 is 10.9 Å². The SMILES string of the molecule is CC(=O)c1cccc(Nc2nnc(C)c(=O)[nH]2)c1. The van der Waals surface area contributed by atoms with Crippen LogP contribution in [0.5, 0.6) is 0 Å². The Morgan fingerprint density at radius 2 is 2.11 bits per heavy atom. The largest absolute Gasteiger partial charge is 0.324 e. The minimum Gasteiger partial charge on any atom is -0.324 e. The highest BCUT2D eigenvalue weighted by molar-refractivity contribution is 5.95. The van der Waals surface area contributed by atoms with Crippen molar-refractivity contribution in [2.45, 2.75) is 13.8 Å². The lowest BCUT2D eigenvalue weighted by Crippen LogP contribution is -2.15. The molecular formula is C12H12N4O2. The number of aromatic nitrogens is 3. The second kappa shape index (κ2) is 4.79. The molecule has 0 fully saturated rings. The maximum Gasteiger partial charge on any atom is 0.273 e. The van der Waals surface area contributed by atoms with E-state index in [1.54, 1.807) is 31.2 Å². The fourth-order valence-corrected chi connectivity index (χ4v) is 1.40. The van der Waals surface area contributed by atoms with Gasteiger partial charge in [0.05, 0.1) is 0 Å². The van der Waals surface area contributed by atoms with E-state index >= 15 is 0 Å². The molecule has 0 saturated heterocycles. The van der Waals surface area contributed by atoms with E-state index in [1.807, 2.05) is 0 Å². The Morgan fingerprint density at radius 3 is 2.78 bits per heavy atom. The Kier molecular flexibility index (Phi) is 3.18. The monoisotopic (exact) mass is 244 g/mol. The second-order valence-corrected chi connectivity index (χ2v) is 3.85. The summed E-state index contributed by atoms with van der Waals surface area (Å²) in [5, 5.41) is 10.4. The van der Waals surface area contributed by atoms with Gasteiger partial charge in [0.2, 0.25) is 5.95 Å². The Hall–Kier alpha value is -2.50. The average molecular weight is 244 g/mol. The predicted molar refractivity (Wildman–Crippen MR) is 67.1 cm³/mol. The van der Waals surface area contributed by atoms with E-state index in [0.717, 1.165) is 0 Å². The van der Waals surface area contributed by atoms with Crippen molar-refractivity contribution in [3.63, 3.8) is 0 Å². The molecule has 2 aromatic rings. The summed E-state index contributed by atoms with van der Waals surface area (Å²) >= 11 is 0.